The Morgan fingerprint density at radius 2 is 2.56 bits per heavy atom. The third-order valence-corrected chi connectivity index (χ3v) is 3.81. The molecule has 2 rings (SSSR count). The molecule has 2 heterocycles. The third kappa shape index (κ3) is 1.94. The molecular formula is C11H12N2O2S. The standard InChI is InChI=1S/C11H12N2O2S/c12-4-1-5-13-6-2-9-8(3-7-16-9)10(13)11(14)15/h3,7,10H,1-2,5-6H2,(H,14,15). The molecule has 1 aliphatic rings. The van der Waals surface area contributed by atoms with E-state index in [0.29, 0.717) is 13.0 Å². The zero-order valence-corrected chi connectivity index (χ0v) is 9.54. The van der Waals surface area contributed by atoms with Crippen LogP contribution in [0.3, 0.4) is 0 Å². The van der Waals surface area contributed by atoms with Gasteiger partial charge in [0.25, 0.3) is 0 Å². The number of carbonyl (C=O) groups is 1. The molecule has 5 heteroatoms. The second-order valence-corrected chi connectivity index (χ2v) is 4.73. The van der Waals surface area contributed by atoms with E-state index in [4.69, 9.17) is 5.26 Å². The molecule has 1 unspecified atom stereocenters. The van der Waals surface area contributed by atoms with Gasteiger partial charge in [0.05, 0.1) is 6.07 Å². The van der Waals surface area contributed by atoms with Gasteiger partial charge in [0.15, 0.2) is 0 Å². The van der Waals surface area contributed by atoms with E-state index in [9.17, 15) is 9.90 Å². The van der Waals surface area contributed by atoms with E-state index in [-0.39, 0.29) is 0 Å². The van der Waals surface area contributed by atoms with E-state index >= 15 is 0 Å². The van der Waals surface area contributed by atoms with E-state index in [1.54, 1.807) is 11.3 Å². The van der Waals surface area contributed by atoms with Gasteiger partial charge in [0.2, 0.25) is 0 Å². The molecule has 0 saturated carbocycles. The van der Waals surface area contributed by atoms with E-state index in [1.165, 1.54) is 4.88 Å². The molecule has 0 aromatic carbocycles. The Morgan fingerprint density at radius 1 is 1.75 bits per heavy atom. The molecule has 16 heavy (non-hydrogen) atoms. The van der Waals surface area contributed by atoms with Crippen LogP contribution in [0.4, 0.5) is 0 Å². The zero-order valence-electron chi connectivity index (χ0n) is 8.72. The van der Waals surface area contributed by atoms with Crippen LogP contribution >= 0.6 is 11.3 Å². The molecule has 0 amide bonds. The number of nitrogens with zero attached hydrogens (tertiary/aromatic N) is 2. The van der Waals surface area contributed by atoms with E-state index in [1.807, 2.05) is 16.3 Å². The number of carboxylic acids is 1. The fraction of sp³-hybridized carbons (Fsp3) is 0.455. The molecule has 0 radical (unpaired) electrons. The minimum absolute atomic E-state index is 0.378. The molecule has 1 aromatic heterocycles. The van der Waals surface area contributed by atoms with Crippen molar-refractivity contribution in [3.05, 3.63) is 21.9 Å². The molecule has 4 nitrogen and oxygen atoms in total. The van der Waals surface area contributed by atoms with E-state index in [2.05, 4.69) is 6.07 Å². The van der Waals surface area contributed by atoms with Crippen molar-refractivity contribution in [1.82, 2.24) is 4.90 Å². The largest absolute Gasteiger partial charge is 0.480 e. The van der Waals surface area contributed by atoms with E-state index < -0.39 is 12.0 Å². The molecule has 1 aromatic rings. The molecule has 1 atom stereocenters. The summed E-state index contributed by atoms with van der Waals surface area (Å²) in [5, 5.41) is 19.7. The normalized spacial score (nSPS) is 20.1. The molecule has 0 spiro atoms. The van der Waals surface area contributed by atoms with Crippen LogP contribution in [-0.2, 0) is 11.2 Å². The number of hydrogen-bond donors (Lipinski definition) is 1. The van der Waals surface area contributed by atoms with Crippen molar-refractivity contribution in [3.63, 3.8) is 0 Å². The summed E-state index contributed by atoms with van der Waals surface area (Å²) in [5.74, 6) is -0.822. The lowest BCUT2D eigenvalue weighted by molar-refractivity contribution is -0.144. The van der Waals surface area contributed by atoms with Crippen molar-refractivity contribution < 1.29 is 9.90 Å². The van der Waals surface area contributed by atoms with Crippen molar-refractivity contribution in [2.45, 2.75) is 18.9 Å². The number of thiophene rings is 1. The van der Waals surface area contributed by atoms with Gasteiger partial charge in [-0.2, -0.15) is 5.26 Å². The van der Waals surface area contributed by atoms with Crippen LogP contribution in [0, 0.1) is 11.3 Å². The van der Waals surface area contributed by atoms with Crippen LogP contribution < -0.4 is 0 Å². The maximum Gasteiger partial charge on any atom is 0.325 e. The number of carboxylic acid groups (broad SMARTS) is 1. The average molecular weight is 236 g/mol. The Morgan fingerprint density at radius 3 is 3.25 bits per heavy atom. The lowest BCUT2D eigenvalue weighted by Crippen LogP contribution is -2.39. The first-order chi connectivity index (χ1) is 7.74. The van der Waals surface area contributed by atoms with Crippen molar-refractivity contribution in [2.75, 3.05) is 13.1 Å². The highest BCUT2D eigenvalue weighted by molar-refractivity contribution is 7.10. The van der Waals surface area contributed by atoms with Crippen LogP contribution in [0.5, 0.6) is 0 Å². The number of fused-ring (bicyclic) bond motifs is 1. The molecule has 1 aliphatic heterocycles. The minimum Gasteiger partial charge on any atom is -0.480 e. The molecule has 0 saturated heterocycles. The van der Waals surface area contributed by atoms with Crippen LogP contribution in [-0.4, -0.2) is 29.1 Å². The highest BCUT2D eigenvalue weighted by Gasteiger charge is 2.33. The second-order valence-electron chi connectivity index (χ2n) is 3.73. The van der Waals surface area contributed by atoms with Gasteiger partial charge >= 0.3 is 5.97 Å². The van der Waals surface area contributed by atoms with Gasteiger partial charge < -0.3 is 5.11 Å². The first-order valence-electron chi connectivity index (χ1n) is 5.14. The molecule has 0 fully saturated rings. The van der Waals surface area contributed by atoms with Gasteiger partial charge in [-0.05, 0) is 23.4 Å². The highest BCUT2D eigenvalue weighted by Crippen LogP contribution is 2.33. The smallest absolute Gasteiger partial charge is 0.325 e. The summed E-state index contributed by atoms with van der Waals surface area (Å²) in [6.45, 7) is 1.26. The van der Waals surface area contributed by atoms with Crippen molar-refractivity contribution >= 4 is 17.3 Å². The van der Waals surface area contributed by atoms with Gasteiger partial charge in [0.1, 0.15) is 6.04 Å². The SMILES string of the molecule is N#CCCN1CCc2sccc2C1C(=O)O. The predicted octanol–water partition coefficient (Wildman–Crippen LogP) is 1.65. The Bertz CT molecular complexity index is 435. The Kier molecular flexibility index (Phi) is 3.22. The summed E-state index contributed by atoms with van der Waals surface area (Å²) in [5.41, 5.74) is 0.904. The summed E-state index contributed by atoms with van der Waals surface area (Å²) in [6, 6.07) is 3.38. The van der Waals surface area contributed by atoms with Crippen LogP contribution in [0.2, 0.25) is 0 Å². The molecule has 84 valence electrons. The summed E-state index contributed by atoms with van der Waals surface area (Å²) in [4.78, 5) is 14.3. The lowest BCUT2D eigenvalue weighted by Gasteiger charge is -2.32. The number of aliphatic carboxylic acids is 1. The number of hydrogen-bond acceptors (Lipinski definition) is 4. The highest BCUT2D eigenvalue weighted by atomic mass is 32.1. The van der Waals surface area contributed by atoms with Crippen molar-refractivity contribution in [1.29, 1.82) is 5.26 Å². The van der Waals surface area contributed by atoms with Gasteiger partial charge in [-0.3, -0.25) is 9.69 Å². The molecular weight excluding hydrogens is 224 g/mol. The van der Waals surface area contributed by atoms with Crippen LogP contribution in [0.15, 0.2) is 11.4 Å². The average Bonchev–Trinajstić information content (AvgIpc) is 2.72. The van der Waals surface area contributed by atoms with Gasteiger partial charge in [0, 0.05) is 24.4 Å². The summed E-state index contributed by atoms with van der Waals surface area (Å²) >= 11 is 1.62. The third-order valence-electron chi connectivity index (χ3n) is 2.81. The molecule has 0 aliphatic carbocycles. The van der Waals surface area contributed by atoms with Crippen LogP contribution in [0.1, 0.15) is 22.9 Å². The molecule has 1 N–H and O–H groups in total. The van der Waals surface area contributed by atoms with Crippen LogP contribution in [0.25, 0.3) is 0 Å². The summed E-state index contributed by atoms with van der Waals surface area (Å²) < 4.78 is 0. The first kappa shape index (κ1) is 11.1. The Balaban J connectivity index is 2.24. The molecule has 0 bridgehead atoms. The second kappa shape index (κ2) is 4.64. The topological polar surface area (TPSA) is 64.3 Å². The predicted molar refractivity (Wildman–Crippen MR) is 60.2 cm³/mol. The maximum atomic E-state index is 11.3. The lowest BCUT2D eigenvalue weighted by atomic mass is 10.00. The number of nitriles is 1. The van der Waals surface area contributed by atoms with Crippen molar-refractivity contribution in [3.8, 4) is 6.07 Å². The first-order valence-corrected chi connectivity index (χ1v) is 6.02. The Labute approximate surface area is 97.7 Å². The number of rotatable bonds is 3. The quantitative estimate of drug-likeness (QED) is 0.866. The van der Waals surface area contributed by atoms with Crippen molar-refractivity contribution in [2.24, 2.45) is 0 Å². The maximum absolute atomic E-state index is 11.3. The minimum atomic E-state index is -0.822. The van der Waals surface area contributed by atoms with Gasteiger partial charge in [-0.15, -0.1) is 11.3 Å². The Hall–Kier alpha value is -1.38. The van der Waals surface area contributed by atoms with Gasteiger partial charge in [-0.1, -0.05) is 0 Å². The summed E-state index contributed by atoms with van der Waals surface area (Å²) in [7, 11) is 0. The fourth-order valence-corrected chi connectivity index (χ4v) is 3.00. The monoisotopic (exact) mass is 236 g/mol. The van der Waals surface area contributed by atoms with Gasteiger partial charge in [-0.25, -0.2) is 0 Å². The fourth-order valence-electron chi connectivity index (χ4n) is 2.09. The summed E-state index contributed by atoms with van der Waals surface area (Å²) in [6.07, 6.45) is 1.27. The van der Waals surface area contributed by atoms with E-state index in [0.717, 1.165) is 18.5 Å². The zero-order chi connectivity index (χ0) is 11.5.